The molecule has 104 valence electrons. The van der Waals surface area contributed by atoms with Crippen molar-refractivity contribution < 1.29 is 9.53 Å². The van der Waals surface area contributed by atoms with Gasteiger partial charge >= 0.3 is 5.97 Å². The summed E-state index contributed by atoms with van der Waals surface area (Å²) in [6.45, 7) is 1.96. The van der Waals surface area contributed by atoms with E-state index in [1.807, 2.05) is 19.1 Å². The first-order valence-electron chi connectivity index (χ1n) is 6.80. The third kappa shape index (κ3) is 2.31. The molecule has 1 aliphatic rings. The molecule has 1 saturated carbocycles. The lowest BCUT2D eigenvalue weighted by Crippen LogP contribution is -2.24. The molecule has 1 aliphatic carbocycles. The second-order valence-electron chi connectivity index (χ2n) is 5.21. The van der Waals surface area contributed by atoms with Crippen molar-refractivity contribution in [1.29, 1.82) is 0 Å². The van der Waals surface area contributed by atoms with Crippen LogP contribution >= 0.6 is 0 Å². The van der Waals surface area contributed by atoms with Crippen molar-refractivity contribution in [3.8, 4) is 0 Å². The van der Waals surface area contributed by atoms with Gasteiger partial charge in [-0.2, -0.15) is 0 Å². The molecule has 1 fully saturated rings. The molecule has 0 bridgehead atoms. The molecule has 5 nitrogen and oxygen atoms in total. The fraction of sp³-hybridized carbons (Fsp3) is 0.400. The van der Waals surface area contributed by atoms with Gasteiger partial charge in [-0.3, -0.25) is 14.0 Å². The van der Waals surface area contributed by atoms with Crippen molar-refractivity contribution in [2.75, 3.05) is 0 Å². The zero-order chi connectivity index (χ0) is 14.1. The first-order chi connectivity index (χ1) is 9.65. The summed E-state index contributed by atoms with van der Waals surface area (Å²) in [6.07, 6.45) is 4.59. The lowest BCUT2D eigenvalue weighted by atomic mass is 9.86. The summed E-state index contributed by atoms with van der Waals surface area (Å²) < 4.78 is 6.72. The first-order valence-corrected chi connectivity index (χ1v) is 6.80. The van der Waals surface area contributed by atoms with E-state index in [0.717, 1.165) is 24.8 Å². The Kier molecular flexibility index (Phi) is 3.26. The van der Waals surface area contributed by atoms with E-state index in [9.17, 15) is 9.59 Å². The van der Waals surface area contributed by atoms with Crippen LogP contribution in [0.25, 0.3) is 5.65 Å². The molecule has 0 saturated heterocycles. The van der Waals surface area contributed by atoms with E-state index in [4.69, 9.17) is 4.74 Å². The average molecular weight is 272 g/mol. The number of aromatic nitrogens is 2. The Hall–Kier alpha value is -2.17. The Morgan fingerprint density at radius 2 is 2.30 bits per heavy atom. The van der Waals surface area contributed by atoms with Crippen molar-refractivity contribution >= 4 is 11.6 Å². The standard InChI is InChI=1S/C15H16N2O3/c1-10-4-3-7-17-13(18)8-12(16-14(10)17)9-20-15(19)11-5-2-6-11/h3-4,7-8,11H,2,5-6,9H2,1H3. The lowest BCUT2D eigenvalue weighted by Gasteiger charge is -2.22. The zero-order valence-corrected chi connectivity index (χ0v) is 11.3. The molecule has 0 aliphatic heterocycles. The minimum absolute atomic E-state index is 0.0401. The number of fused-ring (bicyclic) bond motifs is 1. The van der Waals surface area contributed by atoms with Crippen LogP contribution in [0.3, 0.4) is 0 Å². The van der Waals surface area contributed by atoms with Gasteiger partial charge < -0.3 is 4.74 Å². The largest absolute Gasteiger partial charge is 0.459 e. The molecule has 3 rings (SSSR count). The molecule has 0 unspecified atom stereocenters. The monoisotopic (exact) mass is 272 g/mol. The highest BCUT2D eigenvalue weighted by atomic mass is 16.5. The Morgan fingerprint density at radius 3 is 3.00 bits per heavy atom. The Morgan fingerprint density at radius 1 is 1.50 bits per heavy atom. The number of ether oxygens (including phenoxy) is 1. The highest BCUT2D eigenvalue weighted by molar-refractivity contribution is 5.73. The van der Waals surface area contributed by atoms with Crippen LogP contribution in [-0.2, 0) is 16.1 Å². The van der Waals surface area contributed by atoms with Crippen LogP contribution in [0.1, 0.15) is 30.5 Å². The van der Waals surface area contributed by atoms with Gasteiger partial charge in [0.2, 0.25) is 0 Å². The van der Waals surface area contributed by atoms with E-state index >= 15 is 0 Å². The maximum absolute atomic E-state index is 12.0. The van der Waals surface area contributed by atoms with E-state index < -0.39 is 0 Å². The van der Waals surface area contributed by atoms with Gasteiger partial charge in [0.05, 0.1) is 11.6 Å². The van der Waals surface area contributed by atoms with E-state index in [1.54, 1.807) is 6.20 Å². The van der Waals surface area contributed by atoms with E-state index in [0.29, 0.717) is 11.3 Å². The van der Waals surface area contributed by atoms with Gasteiger partial charge in [-0.15, -0.1) is 0 Å². The van der Waals surface area contributed by atoms with Gasteiger partial charge in [0.15, 0.2) is 0 Å². The summed E-state index contributed by atoms with van der Waals surface area (Å²) in [4.78, 5) is 28.1. The van der Waals surface area contributed by atoms with Crippen molar-refractivity contribution in [3.05, 3.63) is 46.0 Å². The molecule has 0 atom stereocenters. The molecule has 0 aromatic carbocycles. The molecule has 0 amide bonds. The van der Waals surface area contributed by atoms with Crippen LogP contribution < -0.4 is 5.56 Å². The lowest BCUT2D eigenvalue weighted by molar-refractivity contribution is -0.152. The summed E-state index contributed by atoms with van der Waals surface area (Å²) >= 11 is 0. The van der Waals surface area contributed by atoms with E-state index in [2.05, 4.69) is 4.98 Å². The molecule has 0 spiro atoms. The van der Waals surface area contributed by atoms with E-state index in [1.165, 1.54) is 10.5 Å². The molecular weight excluding hydrogens is 256 g/mol. The zero-order valence-electron chi connectivity index (χ0n) is 11.3. The fourth-order valence-corrected chi connectivity index (χ4v) is 2.29. The maximum atomic E-state index is 12.0. The van der Waals surface area contributed by atoms with Gasteiger partial charge in [0, 0.05) is 12.3 Å². The Labute approximate surface area is 116 Å². The molecule has 2 aromatic rings. The number of rotatable bonds is 3. The summed E-state index contributed by atoms with van der Waals surface area (Å²) in [5, 5.41) is 0. The summed E-state index contributed by atoms with van der Waals surface area (Å²) in [5.74, 6) is -0.138. The van der Waals surface area contributed by atoms with Crippen LogP contribution in [0, 0.1) is 12.8 Å². The van der Waals surface area contributed by atoms with Gasteiger partial charge in [-0.25, -0.2) is 4.98 Å². The highest BCUT2D eigenvalue weighted by Crippen LogP contribution is 2.27. The van der Waals surface area contributed by atoms with Crippen LogP contribution in [0.2, 0.25) is 0 Å². The summed E-state index contributed by atoms with van der Waals surface area (Å²) in [7, 11) is 0. The molecule has 20 heavy (non-hydrogen) atoms. The number of hydrogen-bond donors (Lipinski definition) is 0. The third-order valence-corrected chi connectivity index (χ3v) is 3.74. The predicted molar refractivity (Wildman–Crippen MR) is 73.3 cm³/mol. The van der Waals surface area contributed by atoms with Crippen LogP contribution in [0.15, 0.2) is 29.2 Å². The van der Waals surface area contributed by atoms with Crippen LogP contribution in [0.5, 0.6) is 0 Å². The molecular formula is C15H16N2O3. The number of esters is 1. The minimum atomic E-state index is -0.178. The number of nitrogens with zero attached hydrogens (tertiary/aromatic N) is 2. The maximum Gasteiger partial charge on any atom is 0.309 e. The molecule has 2 heterocycles. The summed E-state index contributed by atoms with van der Waals surface area (Å²) in [5.41, 5.74) is 1.86. The first kappa shape index (κ1) is 12.8. The van der Waals surface area contributed by atoms with Gasteiger partial charge in [0.25, 0.3) is 5.56 Å². The number of pyridine rings is 1. The smallest absolute Gasteiger partial charge is 0.309 e. The number of hydrogen-bond acceptors (Lipinski definition) is 4. The van der Waals surface area contributed by atoms with Crippen LogP contribution in [0.4, 0.5) is 0 Å². The fourth-order valence-electron chi connectivity index (χ4n) is 2.29. The SMILES string of the molecule is Cc1cccn2c(=O)cc(COC(=O)C3CCC3)nc12. The second-order valence-corrected chi connectivity index (χ2v) is 5.21. The number of aryl methyl sites for hydroxylation is 1. The Balaban J connectivity index is 1.83. The van der Waals surface area contributed by atoms with Crippen molar-refractivity contribution in [3.63, 3.8) is 0 Å². The normalized spacial score (nSPS) is 15.1. The van der Waals surface area contributed by atoms with E-state index in [-0.39, 0.29) is 24.1 Å². The topological polar surface area (TPSA) is 60.7 Å². The molecule has 2 aromatic heterocycles. The molecule has 5 heteroatoms. The highest BCUT2D eigenvalue weighted by Gasteiger charge is 2.26. The third-order valence-electron chi connectivity index (χ3n) is 3.74. The average Bonchev–Trinajstić information content (AvgIpc) is 2.36. The van der Waals surface area contributed by atoms with Crippen molar-refractivity contribution in [1.82, 2.24) is 9.38 Å². The van der Waals surface area contributed by atoms with Gasteiger partial charge in [-0.1, -0.05) is 12.5 Å². The summed E-state index contributed by atoms with van der Waals surface area (Å²) in [6, 6.07) is 5.12. The van der Waals surface area contributed by atoms with Crippen molar-refractivity contribution in [2.24, 2.45) is 5.92 Å². The predicted octanol–water partition coefficient (Wildman–Crippen LogP) is 1.85. The minimum Gasteiger partial charge on any atom is -0.459 e. The van der Waals surface area contributed by atoms with Gasteiger partial charge in [-0.05, 0) is 31.4 Å². The number of carbonyl (C=O) groups excluding carboxylic acids is 1. The number of carbonyl (C=O) groups is 1. The second kappa shape index (κ2) is 5.07. The molecule has 0 N–H and O–H groups in total. The quantitative estimate of drug-likeness (QED) is 0.800. The molecule has 0 radical (unpaired) electrons. The van der Waals surface area contributed by atoms with Crippen LogP contribution in [-0.4, -0.2) is 15.4 Å². The van der Waals surface area contributed by atoms with Crippen molar-refractivity contribution in [2.45, 2.75) is 32.8 Å². The Bertz CT molecular complexity index is 717. The van der Waals surface area contributed by atoms with Gasteiger partial charge in [0.1, 0.15) is 12.3 Å².